The second-order valence-corrected chi connectivity index (χ2v) is 5.59. The number of aromatic nitrogens is 2. The van der Waals surface area contributed by atoms with Crippen molar-refractivity contribution in [3.8, 4) is 5.75 Å². The maximum atomic E-state index is 5.57. The van der Waals surface area contributed by atoms with Crippen LogP contribution in [0.25, 0.3) is 10.8 Å². The maximum absolute atomic E-state index is 5.57. The average molecular weight is 295 g/mol. The molecule has 1 aromatic heterocycles. The molecule has 22 heavy (non-hydrogen) atoms. The number of hydrogen-bond donors (Lipinski definition) is 0. The van der Waals surface area contributed by atoms with Gasteiger partial charge in [0, 0.05) is 31.5 Å². The van der Waals surface area contributed by atoms with Crippen molar-refractivity contribution in [1.82, 2.24) is 14.5 Å². The standard InChI is InChI=1S/C18H21N3O/c1-20(13-18-19-10-11-21(18)2)12-16-15-7-5-4-6-14(15)8-9-17(16)22-3/h4-11H,12-13H2,1-3H3. The minimum atomic E-state index is 0.801. The third-order valence-corrected chi connectivity index (χ3v) is 3.98. The Hall–Kier alpha value is -2.33. The zero-order valence-electron chi connectivity index (χ0n) is 13.3. The molecule has 0 spiro atoms. The van der Waals surface area contributed by atoms with Crippen molar-refractivity contribution in [1.29, 1.82) is 0 Å². The van der Waals surface area contributed by atoms with Crippen molar-refractivity contribution in [2.24, 2.45) is 7.05 Å². The largest absolute Gasteiger partial charge is 0.496 e. The monoisotopic (exact) mass is 295 g/mol. The highest BCUT2D eigenvalue weighted by Crippen LogP contribution is 2.29. The van der Waals surface area contributed by atoms with Gasteiger partial charge >= 0.3 is 0 Å². The molecule has 0 amide bonds. The zero-order valence-corrected chi connectivity index (χ0v) is 13.3. The lowest BCUT2D eigenvalue weighted by atomic mass is 10.0. The summed E-state index contributed by atoms with van der Waals surface area (Å²) >= 11 is 0. The van der Waals surface area contributed by atoms with Crippen molar-refractivity contribution in [3.05, 3.63) is 60.2 Å². The van der Waals surface area contributed by atoms with E-state index in [1.165, 1.54) is 16.3 Å². The number of ether oxygens (including phenoxy) is 1. The van der Waals surface area contributed by atoms with Crippen LogP contribution < -0.4 is 4.74 Å². The fourth-order valence-electron chi connectivity index (χ4n) is 2.79. The number of aryl methyl sites for hydroxylation is 1. The summed E-state index contributed by atoms with van der Waals surface area (Å²) in [7, 11) is 5.86. The van der Waals surface area contributed by atoms with Crippen molar-refractivity contribution in [2.75, 3.05) is 14.2 Å². The van der Waals surface area contributed by atoms with Gasteiger partial charge in [-0.15, -0.1) is 0 Å². The number of methoxy groups -OCH3 is 1. The van der Waals surface area contributed by atoms with E-state index >= 15 is 0 Å². The molecule has 0 aliphatic heterocycles. The van der Waals surface area contributed by atoms with E-state index in [2.05, 4.69) is 51.8 Å². The molecule has 0 saturated heterocycles. The van der Waals surface area contributed by atoms with Crippen LogP contribution >= 0.6 is 0 Å². The highest BCUT2D eigenvalue weighted by molar-refractivity contribution is 5.87. The molecule has 0 aliphatic carbocycles. The first kappa shape index (κ1) is 14.6. The molecule has 4 heteroatoms. The van der Waals surface area contributed by atoms with Gasteiger partial charge in [0.1, 0.15) is 11.6 Å². The van der Waals surface area contributed by atoms with Gasteiger partial charge in [0.25, 0.3) is 0 Å². The molecule has 3 rings (SSSR count). The highest BCUT2D eigenvalue weighted by Gasteiger charge is 2.12. The average Bonchev–Trinajstić information content (AvgIpc) is 2.92. The van der Waals surface area contributed by atoms with Gasteiger partial charge in [-0.05, 0) is 23.9 Å². The van der Waals surface area contributed by atoms with Gasteiger partial charge in [-0.2, -0.15) is 0 Å². The molecule has 0 saturated carbocycles. The first-order valence-corrected chi connectivity index (χ1v) is 7.38. The van der Waals surface area contributed by atoms with Gasteiger partial charge in [0.05, 0.1) is 13.7 Å². The minimum absolute atomic E-state index is 0.801. The van der Waals surface area contributed by atoms with Crippen LogP contribution in [0.3, 0.4) is 0 Å². The summed E-state index contributed by atoms with van der Waals surface area (Å²) < 4.78 is 7.62. The molecule has 0 atom stereocenters. The lowest BCUT2D eigenvalue weighted by Crippen LogP contribution is -2.20. The Morgan fingerprint density at radius 1 is 1.14 bits per heavy atom. The van der Waals surface area contributed by atoms with E-state index in [0.29, 0.717) is 0 Å². The van der Waals surface area contributed by atoms with Gasteiger partial charge < -0.3 is 9.30 Å². The smallest absolute Gasteiger partial charge is 0.123 e. The molecule has 0 bridgehead atoms. The number of benzene rings is 2. The number of hydrogen-bond acceptors (Lipinski definition) is 3. The van der Waals surface area contributed by atoms with E-state index in [0.717, 1.165) is 24.7 Å². The Labute approximate surface area is 131 Å². The molecular weight excluding hydrogens is 274 g/mol. The third kappa shape index (κ3) is 2.83. The Balaban J connectivity index is 1.90. The lowest BCUT2D eigenvalue weighted by Gasteiger charge is -2.19. The lowest BCUT2D eigenvalue weighted by molar-refractivity contribution is 0.301. The summed E-state index contributed by atoms with van der Waals surface area (Å²) in [4.78, 5) is 6.65. The molecule has 0 radical (unpaired) electrons. The second kappa shape index (κ2) is 6.20. The molecule has 1 heterocycles. The van der Waals surface area contributed by atoms with Gasteiger partial charge in [0.2, 0.25) is 0 Å². The topological polar surface area (TPSA) is 30.3 Å². The van der Waals surface area contributed by atoms with E-state index in [1.54, 1.807) is 7.11 Å². The molecule has 0 N–H and O–H groups in total. The molecule has 114 valence electrons. The fraction of sp³-hybridized carbons (Fsp3) is 0.278. The quantitative estimate of drug-likeness (QED) is 0.724. The minimum Gasteiger partial charge on any atom is -0.496 e. The van der Waals surface area contributed by atoms with Crippen molar-refractivity contribution in [2.45, 2.75) is 13.1 Å². The molecule has 0 unspecified atom stereocenters. The Morgan fingerprint density at radius 3 is 2.68 bits per heavy atom. The molecule has 4 nitrogen and oxygen atoms in total. The Kier molecular flexibility index (Phi) is 4.11. The normalized spacial score (nSPS) is 11.3. The fourth-order valence-corrected chi connectivity index (χ4v) is 2.79. The first-order chi connectivity index (χ1) is 10.7. The van der Waals surface area contributed by atoms with Crippen molar-refractivity contribution < 1.29 is 4.74 Å². The van der Waals surface area contributed by atoms with Crippen LogP contribution in [0.15, 0.2) is 48.8 Å². The van der Waals surface area contributed by atoms with Crippen LogP contribution in [-0.2, 0) is 20.1 Å². The summed E-state index contributed by atoms with van der Waals surface area (Å²) in [5.41, 5.74) is 1.22. The summed E-state index contributed by atoms with van der Waals surface area (Å²) in [5, 5.41) is 2.48. The highest BCUT2D eigenvalue weighted by atomic mass is 16.5. The maximum Gasteiger partial charge on any atom is 0.123 e. The predicted octanol–water partition coefficient (Wildman–Crippen LogP) is 3.21. The second-order valence-electron chi connectivity index (χ2n) is 5.59. The SMILES string of the molecule is COc1ccc2ccccc2c1CN(C)Cc1nccn1C. The molecule has 3 aromatic rings. The Bertz CT molecular complexity index is 779. The van der Waals surface area contributed by atoms with E-state index < -0.39 is 0 Å². The Morgan fingerprint density at radius 2 is 1.95 bits per heavy atom. The van der Waals surface area contributed by atoms with Crippen LogP contribution in [-0.4, -0.2) is 28.6 Å². The van der Waals surface area contributed by atoms with Gasteiger partial charge in [0.15, 0.2) is 0 Å². The van der Waals surface area contributed by atoms with E-state index in [-0.39, 0.29) is 0 Å². The van der Waals surface area contributed by atoms with E-state index in [9.17, 15) is 0 Å². The molecule has 0 fully saturated rings. The molecule has 2 aromatic carbocycles. The third-order valence-electron chi connectivity index (χ3n) is 3.98. The zero-order chi connectivity index (χ0) is 15.5. The van der Waals surface area contributed by atoms with Crippen LogP contribution in [0.4, 0.5) is 0 Å². The number of imidazole rings is 1. The molecular formula is C18H21N3O. The van der Waals surface area contributed by atoms with Crippen molar-refractivity contribution in [3.63, 3.8) is 0 Å². The number of nitrogens with zero attached hydrogens (tertiary/aromatic N) is 3. The first-order valence-electron chi connectivity index (χ1n) is 7.38. The van der Waals surface area contributed by atoms with Gasteiger partial charge in [-0.3, -0.25) is 4.90 Å². The van der Waals surface area contributed by atoms with Crippen LogP contribution in [0, 0.1) is 0 Å². The summed E-state index contributed by atoms with van der Waals surface area (Å²) in [6, 6.07) is 12.6. The van der Waals surface area contributed by atoms with Crippen LogP contribution in [0.1, 0.15) is 11.4 Å². The van der Waals surface area contributed by atoms with Crippen LogP contribution in [0.2, 0.25) is 0 Å². The predicted molar refractivity (Wildman–Crippen MR) is 88.9 cm³/mol. The van der Waals surface area contributed by atoms with E-state index in [4.69, 9.17) is 4.74 Å². The van der Waals surface area contributed by atoms with Crippen LogP contribution in [0.5, 0.6) is 5.75 Å². The van der Waals surface area contributed by atoms with Gasteiger partial charge in [-0.1, -0.05) is 30.3 Å². The molecule has 0 aliphatic rings. The van der Waals surface area contributed by atoms with Crippen molar-refractivity contribution >= 4 is 10.8 Å². The van der Waals surface area contributed by atoms with E-state index in [1.807, 2.05) is 25.5 Å². The summed E-state index contributed by atoms with van der Waals surface area (Å²) in [6.45, 7) is 1.62. The van der Waals surface area contributed by atoms with Gasteiger partial charge in [-0.25, -0.2) is 4.98 Å². The summed E-state index contributed by atoms with van der Waals surface area (Å²) in [6.07, 6.45) is 3.81. The number of rotatable bonds is 5. The summed E-state index contributed by atoms with van der Waals surface area (Å²) in [5.74, 6) is 1.99. The number of fused-ring (bicyclic) bond motifs is 1.